The van der Waals surface area contributed by atoms with Crippen LogP contribution >= 0.6 is 22.6 Å². The van der Waals surface area contributed by atoms with E-state index < -0.39 is 12.3 Å². The molecule has 4 N–H and O–H groups in total. The summed E-state index contributed by atoms with van der Waals surface area (Å²) in [6.45, 7) is 0. The van der Waals surface area contributed by atoms with E-state index >= 15 is 0 Å². The average molecular weight is 231 g/mol. The highest BCUT2D eigenvalue weighted by atomic mass is 127. The van der Waals surface area contributed by atoms with Crippen molar-refractivity contribution in [1.29, 1.82) is 0 Å². The summed E-state index contributed by atoms with van der Waals surface area (Å²) >= 11 is 2.13. The molecule has 0 bridgehead atoms. The lowest BCUT2D eigenvalue weighted by Gasteiger charge is -2.10. The standard InChI is InChI=1S/C4H10INO2/c5-2-1-3(6)4(7)8/h3-4,7-8H,1-2,6H2. The van der Waals surface area contributed by atoms with E-state index in [1.165, 1.54) is 0 Å². The molecule has 1 atom stereocenters. The fourth-order valence-corrected chi connectivity index (χ4v) is 0.994. The molecule has 0 aromatic rings. The summed E-state index contributed by atoms with van der Waals surface area (Å²) in [5.41, 5.74) is 5.22. The van der Waals surface area contributed by atoms with Crippen molar-refractivity contribution >= 4 is 22.6 Å². The lowest BCUT2D eigenvalue weighted by atomic mass is 10.2. The van der Waals surface area contributed by atoms with Crippen LogP contribution in [0.15, 0.2) is 0 Å². The van der Waals surface area contributed by atoms with E-state index in [2.05, 4.69) is 22.6 Å². The molecular formula is C4H10INO2. The summed E-state index contributed by atoms with van der Waals surface area (Å²) in [6.07, 6.45) is -0.706. The molecule has 0 saturated heterocycles. The Morgan fingerprint density at radius 3 is 2.12 bits per heavy atom. The third-order valence-electron chi connectivity index (χ3n) is 0.825. The highest BCUT2D eigenvalue weighted by Gasteiger charge is 2.08. The number of nitrogens with two attached hydrogens (primary N) is 1. The van der Waals surface area contributed by atoms with Crippen molar-refractivity contribution in [1.82, 2.24) is 0 Å². The SMILES string of the molecule is NC(CCI)C(O)O. The quantitative estimate of drug-likeness (QED) is 0.347. The monoisotopic (exact) mass is 231 g/mol. The van der Waals surface area contributed by atoms with Gasteiger partial charge in [-0.25, -0.2) is 0 Å². The Labute approximate surface area is 62.0 Å². The molecular weight excluding hydrogens is 221 g/mol. The van der Waals surface area contributed by atoms with Crippen molar-refractivity contribution in [3.05, 3.63) is 0 Å². The maximum absolute atomic E-state index is 8.38. The van der Waals surface area contributed by atoms with Gasteiger partial charge in [-0.3, -0.25) is 0 Å². The van der Waals surface area contributed by atoms with E-state index in [9.17, 15) is 0 Å². The minimum atomic E-state index is -1.36. The Morgan fingerprint density at radius 2 is 2.00 bits per heavy atom. The van der Waals surface area contributed by atoms with Gasteiger partial charge < -0.3 is 15.9 Å². The van der Waals surface area contributed by atoms with Crippen LogP contribution in [0.3, 0.4) is 0 Å². The van der Waals surface area contributed by atoms with Crippen LogP contribution in [0.1, 0.15) is 6.42 Å². The van der Waals surface area contributed by atoms with E-state index in [0.717, 1.165) is 4.43 Å². The zero-order chi connectivity index (χ0) is 6.57. The summed E-state index contributed by atoms with van der Waals surface area (Å²) < 4.78 is 0.858. The first-order chi connectivity index (χ1) is 3.68. The Bertz CT molecular complexity index is 60.0. The van der Waals surface area contributed by atoms with Crippen LogP contribution in [-0.4, -0.2) is 27.0 Å². The van der Waals surface area contributed by atoms with Crippen molar-refractivity contribution in [3.8, 4) is 0 Å². The molecule has 0 aliphatic carbocycles. The molecule has 0 aromatic heterocycles. The molecule has 0 radical (unpaired) electrons. The second kappa shape index (κ2) is 4.49. The van der Waals surface area contributed by atoms with Crippen molar-refractivity contribution in [2.24, 2.45) is 5.73 Å². The van der Waals surface area contributed by atoms with Gasteiger partial charge in [-0.05, 0) is 6.42 Å². The molecule has 0 saturated carbocycles. The number of alkyl halides is 1. The van der Waals surface area contributed by atoms with E-state index in [1.54, 1.807) is 0 Å². The molecule has 0 aliphatic rings. The van der Waals surface area contributed by atoms with Crippen molar-refractivity contribution in [2.45, 2.75) is 18.8 Å². The van der Waals surface area contributed by atoms with Gasteiger partial charge in [0.2, 0.25) is 0 Å². The summed E-state index contributed by atoms with van der Waals surface area (Å²) in [4.78, 5) is 0. The van der Waals surface area contributed by atoms with E-state index in [1.807, 2.05) is 0 Å². The number of aliphatic hydroxyl groups is 2. The molecule has 8 heavy (non-hydrogen) atoms. The van der Waals surface area contributed by atoms with Gasteiger partial charge in [-0.15, -0.1) is 0 Å². The molecule has 0 spiro atoms. The second-order valence-corrected chi connectivity index (χ2v) is 2.63. The van der Waals surface area contributed by atoms with E-state index in [4.69, 9.17) is 15.9 Å². The summed E-state index contributed by atoms with van der Waals surface area (Å²) in [5.74, 6) is 0. The summed E-state index contributed by atoms with van der Waals surface area (Å²) in [6, 6.07) is -0.480. The lowest BCUT2D eigenvalue weighted by Crippen LogP contribution is -2.34. The smallest absolute Gasteiger partial charge is 0.166 e. The number of rotatable bonds is 3. The number of aliphatic hydroxyl groups excluding tert-OH is 1. The van der Waals surface area contributed by atoms with Crippen LogP contribution in [0.5, 0.6) is 0 Å². The van der Waals surface area contributed by atoms with Gasteiger partial charge in [0.15, 0.2) is 6.29 Å². The van der Waals surface area contributed by atoms with Gasteiger partial charge in [-0.2, -0.15) is 0 Å². The minimum Gasteiger partial charge on any atom is -0.367 e. The van der Waals surface area contributed by atoms with Crippen LogP contribution in [0.25, 0.3) is 0 Å². The number of hydrogen-bond donors (Lipinski definition) is 3. The lowest BCUT2D eigenvalue weighted by molar-refractivity contribution is -0.0581. The van der Waals surface area contributed by atoms with Crippen molar-refractivity contribution in [3.63, 3.8) is 0 Å². The molecule has 3 nitrogen and oxygen atoms in total. The highest BCUT2D eigenvalue weighted by molar-refractivity contribution is 14.1. The third-order valence-corrected chi connectivity index (χ3v) is 1.45. The minimum absolute atomic E-state index is 0.480. The van der Waals surface area contributed by atoms with Gasteiger partial charge in [0.25, 0.3) is 0 Å². The highest BCUT2D eigenvalue weighted by Crippen LogP contribution is 1.95. The normalized spacial score (nSPS) is 14.6. The predicted molar refractivity (Wildman–Crippen MR) is 39.7 cm³/mol. The van der Waals surface area contributed by atoms with Gasteiger partial charge >= 0.3 is 0 Å². The molecule has 0 rings (SSSR count). The van der Waals surface area contributed by atoms with Gasteiger partial charge in [0.1, 0.15) is 0 Å². The molecule has 0 aliphatic heterocycles. The first kappa shape index (κ1) is 8.61. The van der Waals surface area contributed by atoms with Gasteiger partial charge in [0, 0.05) is 4.43 Å². The fourth-order valence-electron chi connectivity index (χ4n) is 0.275. The van der Waals surface area contributed by atoms with E-state index in [0.29, 0.717) is 6.42 Å². The molecule has 50 valence electrons. The average Bonchev–Trinajstić information content (AvgIpc) is 1.67. The molecule has 4 heteroatoms. The maximum Gasteiger partial charge on any atom is 0.166 e. The first-order valence-electron chi connectivity index (χ1n) is 2.36. The van der Waals surface area contributed by atoms with Crippen molar-refractivity contribution in [2.75, 3.05) is 4.43 Å². The van der Waals surface area contributed by atoms with Crippen LogP contribution in [0, 0.1) is 0 Å². The molecule has 1 unspecified atom stereocenters. The van der Waals surface area contributed by atoms with Crippen LogP contribution < -0.4 is 5.73 Å². The zero-order valence-electron chi connectivity index (χ0n) is 4.42. The molecule has 0 amide bonds. The van der Waals surface area contributed by atoms with Crippen LogP contribution in [0.2, 0.25) is 0 Å². The number of hydrogen-bond acceptors (Lipinski definition) is 3. The van der Waals surface area contributed by atoms with Gasteiger partial charge in [0.05, 0.1) is 6.04 Å². The maximum atomic E-state index is 8.38. The van der Waals surface area contributed by atoms with E-state index in [-0.39, 0.29) is 0 Å². The topological polar surface area (TPSA) is 66.5 Å². The Balaban J connectivity index is 3.17. The fraction of sp³-hybridized carbons (Fsp3) is 1.00. The number of halogens is 1. The van der Waals surface area contributed by atoms with Crippen LogP contribution in [0.4, 0.5) is 0 Å². The Hall–Kier alpha value is 0.610. The Morgan fingerprint density at radius 1 is 1.50 bits per heavy atom. The summed E-state index contributed by atoms with van der Waals surface area (Å²) in [5, 5.41) is 16.8. The zero-order valence-corrected chi connectivity index (χ0v) is 6.58. The molecule has 0 fully saturated rings. The largest absolute Gasteiger partial charge is 0.367 e. The van der Waals surface area contributed by atoms with Crippen LogP contribution in [-0.2, 0) is 0 Å². The molecule has 0 heterocycles. The van der Waals surface area contributed by atoms with Gasteiger partial charge in [-0.1, -0.05) is 22.6 Å². The summed E-state index contributed by atoms with van der Waals surface area (Å²) in [7, 11) is 0. The second-order valence-electron chi connectivity index (χ2n) is 1.56. The molecule has 0 aromatic carbocycles. The first-order valence-corrected chi connectivity index (χ1v) is 3.88. The van der Waals surface area contributed by atoms with Crippen molar-refractivity contribution < 1.29 is 10.2 Å². The predicted octanol–water partition coefficient (Wildman–Crippen LogP) is -0.551. The Kier molecular flexibility index (Phi) is 4.83. The third kappa shape index (κ3) is 3.59.